The summed E-state index contributed by atoms with van der Waals surface area (Å²) in [5, 5.41) is 10.9. The second kappa shape index (κ2) is 11.0. The van der Waals surface area contributed by atoms with Crippen LogP contribution in [0.25, 0.3) is 11.8 Å². The fraction of sp³-hybridized carbons (Fsp3) is 0.103. The Hall–Kier alpha value is -4.70. The molecule has 0 aromatic heterocycles. The minimum absolute atomic E-state index is 0.0569. The molecule has 0 bridgehead atoms. The van der Waals surface area contributed by atoms with E-state index < -0.39 is 11.9 Å². The monoisotopic (exact) mass is 543 g/mol. The van der Waals surface area contributed by atoms with Crippen LogP contribution in [0.15, 0.2) is 82.7 Å². The summed E-state index contributed by atoms with van der Waals surface area (Å²) >= 11 is 1.22. The Bertz CT molecular complexity index is 1560. The average molecular weight is 544 g/mol. The highest BCUT2D eigenvalue weighted by Gasteiger charge is 2.36. The zero-order valence-electron chi connectivity index (χ0n) is 20.9. The van der Waals surface area contributed by atoms with Crippen LogP contribution in [-0.4, -0.2) is 41.5 Å². The molecule has 0 spiro atoms. The van der Waals surface area contributed by atoms with E-state index >= 15 is 0 Å². The van der Waals surface area contributed by atoms with Gasteiger partial charge in [-0.05, 0) is 84.8 Å². The fourth-order valence-corrected chi connectivity index (χ4v) is 4.83. The molecule has 0 aliphatic carbocycles. The molecule has 0 saturated carbocycles. The number of ether oxygens (including phenoxy) is 3. The van der Waals surface area contributed by atoms with Gasteiger partial charge in [0.25, 0.3) is 5.91 Å². The molecule has 0 atom stereocenters. The van der Waals surface area contributed by atoms with Gasteiger partial charge in [0.15, 0.2) is 16.7 Å². The van der Waals surface area contributed by atoms with E-state index in [1.165, 1.54) is 37.1 Å². The average Bonchev–Trinajstić information content (AvgIpc) is 3.36. The Morgan fingerprint density at radius 1 is 1.08 bits per heavy atom. The van der Waals surface area contributed by atoms with Gasteiger partial charge in [0, 0.05) is 5.41 Å². The molecular weight excluding hydrogens is 521 g/mol. The molecule has 3 aromatic rings. The number of hydrogen-bond donors (Lipinski definition) is 1. The normalized spacial score (nSPS) is 15.6. The number of rotatable bonds is 7. The van der Waals surface area contributed by atoms with Crippen LogP contribution in [0.5, 0.6) is 17.2 Å². The molecular formula is C29H22FN3O5S. The molecule has 10 heteroatoms. The van der Waals surface area contributed by atoms with Gasteiger partial charge >= 0.3 is 5.97 Å². The Kier molecular flexibility index (Phi) is 7.29. The number of carbonyl (C=O) groups excluding carboxylic acids is 2. The van der Waals surface area contributed by atoms with Crippen molar-refractivity contribution in [1.82, 2.24) is 4.90 Å². The van der Waals surface area contributed by atoms with Gasteiger partial charge in [0.1, 0.15) is 17.4 Å². The Morgan fingerprint density at radius 3 is 2.51 bits per heavy atom. The number of esters is 1. The predicted octanol–water partition coefficient (Wildman–Crippen LogP) is 5.76. The third-order valence-electron chi connectivity index (χ3n) is 5.86. The van der Waals surface area contributed by atoms with Crippen LogP contribution in [0, 0.1) is 11.2 Å². The van der Waals surface area contributed by atoms with Crippen molar-refractivity contribution in [3.05, 3.63) is 100 Å². The number of thioether (sulfide) groups is 1. The van der Waals surface area contributed by atoms with Gasteiger partial charge in [0.05, 0.1) is 30.6 Å². The molecule has 196 valence electrons. The zero-order valence-corrected chi connectivity index (χ0v) is 21.8. The SMILES string of the molecule is CCOc1cc(C=C2C(=N)N3C(c4ccc(F)cc4)=CSC3=NC2=O)ccc1OC(=O)c1ccc(OC)cc1. The van der Waals surface area contributed by atoms with Gasteiger partial charge in [-0.3, -0.25) is 15.1 Å². The summed E-state index contributed by atoms with van der Waals surface area (Å²) in [6.07, 6.45) is 1.54. The summed E-state index contributed by atoms with van der Waals surface area (Å²) < 4.78 is 29.8. The van der Waals surface area contributed by atoms with E-state index in [4.69, 9.17) is 19.6 Å². The predicted molar refractivity (Wildman–Crippen MR) is 148 cm³/mol. The third-order valence-corrected chi connectivity index (χ3v) is 6.69. The van der Waals surface area contributed by atoms with Crippen molar-refractivity contribution in [3.8, 4) is 17.2 Å². The number of carbonyl (C=O) groups is 2. The smallest absolute Gasteiger partial charge is 0.343 e. The number of nitrogens with zero attached hydrogens (tertiary/aromatic N) is 2. The number of methoxy groups -OCH3 is 1. The van der Waals surface area contributed by atoms with Crippen molar-refractivity contribution < 1.29 is 28.2 Å². The highest BCUT2D eigenvalue weighted by Crippen LogP contribution is 2.38. The first-order valence-corrected chi connectivity index (χ1v) is 12.8. The molecule has 2 aliphatic rings. The van der Waals surface area contributed by atoms with Crippen LogP contribution >= 0.6 is 11.8 Å². The van der Waals surface area contributed by atoms with Crippen LogP contribution < -0.4 is 14.2 Å². The molecule has 1 amide bonds. The number of fused-ring (bicyclic) bond motifs is 1. The van der Waals surface area contributed by atoms with E-state index in [0.717, 1.165) is 0 Å². The van der Waals surface area contributed by atoms with Gasteiger partial charge < -0.3 is 14.2 Å². The molecule has 0 fully saturated rings. The van der Waals surface area contributed by atoms with E-state index in [-0.39, 0.29) is 23.0 Å². The van der Waals surface area contributed by atoms with Gasteiger partial charge in [-0.1, -0.05) is 17.8 Å². The second-order valence-electron chi connectivity index (χ2n) is 8.33. The number of amidine groups is 2. The molecule has 0 saturated heterocycles. The lowest BCUT2D eigenvalue weighted by atomic mass is 10.1. The summed E-state index contributed by atoms with van der Waals surface area (Å²) in [5.74, 6) is -0.418. The van der Waals surface area contributed by atoms with E-state index in [1.807, 2.05) is 0 Å². The summed E-state index contributed by atoms with van der Waals surface area (Å²) in [6, 6.07) is 17.3. The quantitative estimate of drug-likeness (QED) is 0.230. The zero-order chi connectivity index (χ0) is 27.5. The van der Waals surface area contributed by atoms with Crippen LogP contribution in [0.4, 0.5) is 4.39 Å². The fourth-order valence-electron chi connectivity index (χ4n) is 3.95. The Balaban J connectivity index is 1.41. The van der Waals surface area contributed by atoms with E-state index in [9.17, 15) is 14.0 Å². The summed E-state index contributed by atoms with van der Waals surface area (Å²) in [7, 11) is 1.54. The van der Waals surface area contributed by atoms with Crippen molar-refractivity contribution in [1.29, 1.82) is 5.41 Å². The second-order valence-corrected chi connectivity index (χ2v) is 9.16. The highest BCUT2D eigenvalue weighted by molar-refractivity contribution is 8.17. The summed E-state index contributed by atoms with van der Waals surface area (Å²) in [5.41, 5.74) is 2.27. The molecule has 2 aliphatic heterocycles. The molecule has 8 nitrogen and oxygen atoms in total. The van der Waals surface area contributed by atoms with Crippen LogP contribution in [0.2, 0.25) is 0 Å². The lowest BCUT2D eigenvalue weighted by Crippen LogP contribution is -2.38. The van der Waals surface area contributed by atoms with Gasteiger partial charge in [0.2, 0.25) is 0 Å². The van der Waals surface area contributed by atoms with Gasteiger partial charge in [-0.15, -0.1) is 0 Å². The third kappa shape index (κ3) is 5.32. The largest absolute Gasteiger partial charge is 0.497 e. The number of aliphatic imine (C=N–C) groups is 1. The summed E-state index contributed by atoms with van der Waals surface area (Å²) in [4.78, 5) is 31.2. The maximum Gasteiger partial charge on any atom is 0.343 e. The number of hydrogen-bond acceptors (Lipinski definition) is 7. The van der Waals surface area contributed by atoms with Gasteiger partial charge in [-0.25, -0.2) is 9.18 Å². The Labute approximate surface area is 227 Å². The number of benzene rings is 3. The topological polar surface area (TPSA) is 101 Å². The van der Waals surface area contributed by atoms with Crippen molar-refractivity contribution >= 4 is 46.4 Å². The first kappa shape index (κ1) is 25.9. The molecule has 0 radical (unpaired) electrons. The molecule has 2 heterocycles. The van der Waals surface area contributed by atoms with Crippen LogP contribution in [-0.2, 0) is 4.79 Å². The maximum atomic E-state index is 13.4. The van der Waals surface area contributed by atoms with Crippen molar-refractivity contribution in [2.45, 2.75) is 6.92 Å². The molecule has 39 heavy (non-hydrogen) atoms. The lowest BCUT2D eigenvalue weighted by molar-refractivity contribution is -0.114. The van der Waals surface area contributed by atoms with Crippen molar-refractivity contribution in [2.24, 2.45) is 4.99 Å². The minimum Gasteiger partial charge on any atom is -0.497 e. The molecule has 3 aromatic carbocycles. The van der Waals surface area contributed by atoms with Crippen LogP contribution in [0.1, 0.15) is 28.4 Å². The van der Waals surface area contributed by atoms with Crippen molar-refractivity contribution in [3.63, 3.8) is 0 Å². The molecule has 0 unspecified atom stereocenters. The summed E-state index contributed by atoms with van der Waals surface area (Å²) in [6.45, 7) is 2.11. The lowest BCUT2D eigenvalue weighted by Gasteiger charge is -2.27. The van der Waals surface area contributed by atoms with E-state index in [2.05, 4.69) is 4.99 Å². The first-order chi connectivity index (χ1) is 18.9. The minimum atomic E-state index is -0.567. The maximum absolute atomic E-state index is 13.4. The van der Waals surface area contributed by atoms with E-state index in [1.54, 1.807) is 71.8 Å². The van der Waals surface area contributed by atoms with Crippen LogP contribution in [0.3, 0.4) is 0 Å². The highest BCUT2D eigenvalue weighted by atomic mass is 32.2. The first-order valence-electron chi connectivity index (χ1n) is 11.9. The van der Waals surface area contributed by atoms with Gasteiger partial charge in [-0.2, -0.15) is 4.99 Å². The number of amides is 1. The van der Waals surface area contributed by atoms with E-state index in [0.29, 0.717) is 45.7 Å². The van der Waals surface area contributed by atoms with Crippen molar-refractivity contribution in [2.75, 3.05) is 13.7 Å². The Morgan fingerprint density at radius 2 is 1.82 bits per heavy atom. The molecule has 5 rings (SSSR count). The number of halogens is 1. The number of nitrogens with one attached hydrogen (secondary N) is 1. The standard InChI is InChI=1S/C29H22FN3O5S/c1-3-37-25-15-17(4-13-24(25)38-28(35)19-7-11-21(36-2)12-8-19)14-22-26(31)33-23(16-39-29(33)32-27(22)34)18-5-9-20(30)10-6-18/h4-16,31H,3H2,1-2H3. The molecule has 1 N–H and O–H groups in total.